The van der Waals surface area contributed by atoms with Crippen molar-refractivity contribution in [1.29, 1.82) is 0 Å². The highest BCUT2D eigenvalue weighted by Crippen LogP contribution is 2.67. The number of benzene rings is 1. The number of Topliss-reactive ketones (excluding diaryl/α,β-unsaturated/α-hetero) is 1. The van der Waals surface area contributed by atoms with E-state index in [4.69, 9.17) is 0 Å². The molecule has 4 nitrogen and oxygen atoms in total. The minimum atomic E-state index is -0.182. The summed E-state index contributed by atoms with van der Waals surface area (Å²) in [5, 5.41) is 2.95. The first-order valence-electron chi connectivity index (χ1n) is 13.4. The average Bonchev–Trinajstić information content (AvgIpc) is 3.18. The zero-order valence-corrected chi connectivity index (χ0v) is 21.6. The van der Waals surface area contributed by atoms with Crippen LogP contribution in [0.25, 0.3) is 0 Å². The third-order valence-electron chi connectivity index (χ3n) is 11.0. The third-order valence-corrected chi connectivity index (χ3v) is 11.0. The van der Waals surface area contributed by atoms with Gasteiger partial charge in [0.25, 0.3) is 5.91 Å². The van der Waals surface area contributed by atoms with Gasteiger partial charge in [-0.25, -0.2) is 0 Å². The molecular weight excluding hydrogens is 420 g/mol. The summed E-state index contributed by atoms with van der Waals surface area (Å²) in [7, 11) is 4.46. The molecule has 0 radical (unpaired) electrons. The van der Waals surface area contributed by atoms with Crippen LogP contribution in [0.15, 0.2) is 42.1 Å². The largest absolute Gasteiger partial charge is 0.319 e. The lowest BCUT2D eigenvalue weighted by Crippen LogP contribution is -2.56. The van der Waals surface area contributed by atoms with Crippen LogP contribution in [0, 0.1) is 40.4 Å². The van der Waals surface area contributed by atoms with Crippen LogP contribution in [0.4, 0.5) is 0 Å². The first-order chi connectivity index (χ1) is 16.2. The molecule has 4 aliphatic rings. The molecule has 3 fully saturated rings. The summed E-state index contributed by atoms with van der Waals surface area (Å²) in [5.74, 6) is 2.92. The standard InChI is InChI=1S/C30H42N2O2/c1-19(32(4)5)22-13-14-23-21-11-12-25-27(33)26(31-28(34)20-9-7-6-8-10-20)16-18-30(25,3)24(21)15-17-29(22,23)2/h6-10,16,19,21-25H,11-15,17-18H2,1-5H3,(H,31,34). The number of carbonyl (C=O) groups excluding carboxylic acids is 2. The highest BCUT2D eigenvalue weighted by molar-refractivity contribution is 6.05. The van der Waals surface area contributed by atoms with E-state index in [0.717, 1.165) is 30.6 Å². The van der Waals surface area contributed by atoms with Crippen molar-refractivity contribution in [3.63, 3.8) is 0 Å². The average molecular weight is 463 g/mol. The Kier molecular flexibility index (Phi) is 6.03. The molecule has 1 amide bonds. The van der Waals surface area contributed by atoms with Crippen LogP contribution >= 0.6 is 0 Å². The molecule has 184 valence electrons. The van der Waals surface area contributed by atoms with E-state index in [1.54, 1.807) is 12.1 Å². The molecule has 0 spiro atoms. The fourth-order valence-corrected chi connectivity index (χ4v) is 8.88. The molecule has 0 heterocycles. The highest BCUT2D eigenvalue weighted by atomic mass is 16.2. The van der Waals surface area contributed by atoms with Crippen molar-refractivity contribution < 1.29 is 9.59 Å². The van der Waals surface area contributed by atoms with E-state index >= 15 is 0 Å². The quantitative estimate of drug-likeness (QED) is 0.625. The summed E-state index contributed by atoms with van der Waals surface area (Å²) in [5.41, 5.74) is 1.57. The van der Waals surface area contributed by atoms with Gasteiger partial charge in [-0.3, -0.25) is 9.59 Å². The van der Waals surface area contributed by atoms with Gasteiger partial charge in [-0.15, -0.1) is 0 Å². The van der Waals surface area contributed by atoms with Crippen molar-refractivity contribution in [2.24, 2.45) is 40.4 Å². The van der Waals surface area contributed by atoms with E-state index in [-0.39, 0.29) is 23.0 Å². The van der Waals surface area contributed by atoms with Crippen LogP contribution in [0.2, 0.25) is 0 Å². The van der Waals surface area contributed by atoms with Gasteiger partial charge >= 0.3 is 0 Å². The number of ketones is 1. The second-order valence-electron chi connectivity index (χ2n) is 12.5. The van der Waals surface area contributed by atoms with E-state index in [1.807, 2.05) is 24.3 Å². The normalized spacial score (nSPS) is 40.1. The molecule has 3 saturated carbocycles. The number of allylic oxidation sites excluding steroid dienone is 2. The zero-order chi connectivity index (χ0) is 24.3. The molecule has 8 atom stereocenters. The van der Waals surface area contributed by atoms with E-state index in [2.05, 4.69) is 45.1 Å². The molecule has 34 heavy (non-hydrogen) atoms. The fraction of sp³-hybridized carbons (Fsp3) is 0.667. The summed E-state index contributed by atoms with van der Waals surface area (Å²) < 4.78 is 0. The smallest absolute Gasteiger partial charge is 0.255 e. The SMILES string of the molecule is CC(C1CCC2C3CCC4C(=O)C(NC(=O)c5ccccc5)=CCC4(C)C3CCC21C)N(C)C. The molecule has 0 aromatic heterocycles. The maximum absolute atomic E-state index is 13.6. The number of amides is 1. The number of hydrogen-bond acceptors (Lipinski definition) is 3. The predicted molar refractivity (Wildman–Crippen MR) is 136 cm³/mol. The Labute approximate surface area is 205 Å². The molecule has 4 heteroatoms. The predicted octanol–water partition coefficient (Wildman–Crippen LogP) is 5.70. The van der Waals surface area contributed by atoms with Crippen molar-refractivity contribution in [2.45, 2.75) is 71.8 Å². The molecule has 1 aromatic carbocycles. The van der Waals surface area contributed by atoms with Crippen LogP contribution in [0.5, 0.6) is 0 Å². The molecule has 8 unspecified atom stereocenters. The number of fused-ring (bicyclic) bond motifs is 5. The van der Waals surface area contributed by atoms with Gasteiger partial charge in [0.2, 0.25) is 0 Å². The molecule has 4 aliphatic carbocycles. The number of nitrogens with zero attached hydrogens (tertiary/aromatic N) is 1. The van der Waals surface area contributed by atoms with Gasteiger partial charge in [-0.2, -0.15) is 0 Å². The number of hydrogen-bond donors (Lipinski definition) is 1. The van der Waals surface area contributed by atoms with Gasteiger partial charge < -0.3 is 10.2 Å². The monoisotopic (exact) mass is 462 g/mol. The van der Waals surface area contributed by atoms with Crippen molar-refractivity contribution in [3.8, 4) is 0 Å². The zero-order valence-electron chi connectivity index (χ0n) is 21.6. The Balaban J connectivity index is 1.35. The molecule has 0 bridgehead atoms. The van der Waals surface area contributed by atoms with Gasteiger partial charge in [-0.1, -0.05) is 38.1 Å². The minimum absolute atomic E-state index is 0.0214. The van der Waals surface area contributed by atoms with Gasteiger partial charge in [0.15, 0.2) is 5.78 Å². The molecule has 5 rings (SSSR count). The van der Waals surface area contributed by atoms with Gasteiger partial charge in [0, 0.05) is 17.5 Å². The van der Waals surface area contributed by atoms with Gasteiger partial charge in [-0.05, 0) is 113 Å². The number of nitrogens with one attached hydrogen (secondary N) is 1. The number of rotatable bonds is 4. The van der Waals surface area contributed by atoms with Crippen molar-refractivity contribution in [2.75, 3.05) is 14.1 Å². The Hall–Kier alpha value is -1.94. The summed E-state index contributed by atoms with van der Waals surface area (Å²) in [6.07, 6.45) is 10.3. The first-order valence-corrected chi connectivity index (χ1v) is 13.4. The topological polar surface area (TPSA) is 49.4 Å². The maximum atomic E-state index is 13.6. The molecular formula is C30H42N2O2. The van der Waals surface area contributed by atoms with Crippen molar-refractivity contribution in [3.05, 3.63) is 47.7 Å². The van der Waals surface area contributed by atoms with Crippen LogP contribution in [0.3, 0.4) is 0 Å². The van der Waals surface area contributed by atoms with Crippen molar-refractivity contribution >= 4 is 11.7 Å². The second kappa shape index (κ2) is 8.62. The third kappa shape index (κ3) is 3.59. The van der Waals surface area contributed by atoms with Gasteiger partial charge in [0.05, 0.1) is 5.70 Å². The lowest BCUT2D eigenvalue weighted by molar-refractivity contribution is -0.140. The lowest BCUT2D eigenvalue weighted by atomic mass is 9.45. The van der Waals surface area contributed by atoms with Crippen LogP contribution in [-0.4, -0.2) is 36.7 Å². The molecule has 0 aliphatic heterocycles. The van der Waals surface area contributed by atoms with E-state index in [0.29, 0.717) is 28.6 Å². The molecule has 1 aromatic rings. The number of carbonyl (C=O) groups is 2. The lowest BCUT2D eigenvalue weighted by Gasteiger charge is -2.60. The van der Waals surface area contributed by atoms with Crippen LogP contribution in [0.1, 0.15) is 76.1 Å². The fourth-order valence-electron chi connectivity index (χ4n) is 8.88. The Morgan fingerprint density at radius 1 is 1.00 bits per heavy atom. The minimum Gasteiger partial charge on any atom is -0.319 e. The van der Waals surface area contributed by atoms with Crippen LogP contribution < -0.4 is 5.32 Å². The molecule has 1 N–H and O–H groups in total. The van der Waals surface area contributed by atoms with Crippen LogP contribution in [-0.2, 0) is 4.79 Å². The van der Waals surface area contributed by atoms with Crippen molar-refractivity contribution in [1.82, 2.24) is 10.2 Å². The van der Waals surface area contributed by atoms with E-state index < -0.39 is 0 Å². The van der Waals surface area contributed by atoms with E-state index in [9.17, 15) is 9.59 Å². The maximum Gasteiger partial charge on any atom is 0.255 e. The summed E-state index contributed by atoms with van der Waals surface area (Å²) in [6.45, 7) is 7.39. The Morgan fingerprint density at radius 2 is 1.71 bits per heavy atom. The highest BCUT2D eigenvalue weighted by Gasteiger charge is 2.61. The Morgan fingerprint density at radius 3 is 2.41 bits per heavy atom. The summed E-state index contributed by atoms with van der Waals surface area (Å²) in [6, 6.07) is 9.82. The Bertz CT molecular complexity index is 985. The van der Waals surface area contributed by atoms with Gasteiger partial charge in [0.1, 0.15) is 0 Å². The van der Waals surface area contributed by atoms with E-state index in [1.165, 1.54) is 32.1 Å². The first kappa shape index (κ1) is 23.8. The second-order valence-corrected chi connectivity index (χ2v) is 12.5. The molecule has 0 saturated heterocycles. The summed E-state index contributed by atoms with van der Waals surface area (Å²) in [4.78, 5) is 28.8. The summed E-state index contributed by atoms with van der Waals surface area (Å²) >= 11 is 0.